The number of carbonyl (C=O) groups excluding carboxylic acids is 2. The zero-order chi connectivity index (χ0) is 39.1. The van der Waals surface area contributed by atoms with Crippen molar-refractivity contribution in [2.75, 3.05) is 26.4 Å². The molecule has 0 fully saturated rings. The summed E-state index contributed by atoms with van der Waals surface area (Å²) < 4.78 is 32.4. The van der Waals surface area contributed by atoms with Crippen LogP contribution in [0.3, 0.4) is 0 Å². The Bertz CT molecular complexity index is 1070. The molecule has 0 spiro atoms. The van der Waals surface area contributed by atoms with Gasteiger partial charge in [0.1, 0.15) is 12.2 Å². The van der Waals surface area contributed by atoms with Crippen molar-refractivity contribution in [3.05, 3.63) is 60.8 Å². The van der Waals surface area contributed by atoms with E-state index >= 15 is 0 Å². The lowest BCUT2D eigenvalue weighted by atomic mass is 10.0. The number of aliphatic hydroxyl groups is 2. The molecule has 3 atom stereocenters. The molecule has 10 nitrogen and oxygen atoms in total. The molecule has 0 amide bonds. The first-order valence-electron chi connectivity index (χ1n) is 20.2. The van der Waals surface area contributed by atoms with E-state index in [4.69, 9.17) is 18.5 Å². The van der Waals surface area contributed by atoms with Crippen LogP contribution in [0.15, 0.2) is 60.8 Å². The minimum atomic E-state index is -4.65. The van der Waals surface area contributed by atoms with E-state index in [-0.39, 0.29) is 12.8 Å². The van der Waals surface area contributed by atoms with E-state index in [0.29, 0.717) is 19.3 Å². The lowest BCUT2D eigenvalue weighted by Gasteiger charge is -2.20. The second-order valence-corrected chi connectivity index (χ2v) is 14.7. The van der Waals surface area contributed by atoms with Crippen LogP contribution in [0.1, 0.15) is 155 Å². The van der Waals surface area contributed by atoms with E-state index in [1.165, 1.54) is 57.8 Å². The lowest BCUT2D eigenvalue weighted by molar-refractivity contribution is -0.153. The van der Waals surface area contributed by atoms with Gasteiger partial charge in [0.15, 0.2) is 0 Å². The predicted molar refractivity (Wildman–Crippen MR) is 214 cm³/mol. The quantitative estimate of drug-likeness (QED) is 0.0241. The number of hydrogen-bond donors (Lipinski definition) is 3. The molecule has 0 aliphatic rings. The standard InChI is InChI=1S/C42H73O10P/c1-3-5-7-9-11-13-15-17-18-19-20-22-24-26-28-30-32-34-42(46)52-40(36-44)38-50-53(47,48)49-37-39(35-43)51-41(45)33-31-29-27-25-23-21-16-14-12-10-8-6-4-2/h5,7,11,13,17-18,20,22,26,28,39-40,43-44H,3-4,6,8-10,12,14-16,19,21,23-25,27,29-38H2,1-2H3,(H,47,48)/b7-5-,13-11-,18-17-,22-20-,28-26-. The number of aliphatic hydroxyl groups excluding tert-OH is 2. The molecule has 0 rings (SSSR count). The smallest absolute Gasteiger partial charge is 0.457 e. The second-order valence-electron chi connectivity index (χ2n) is 13.2. The summed E-state index contributed by atoms with van der Waals surface area (Å²) in [6, 6.07) is 0. The maximum absolute atomic E-state index is 12.3. The Balaban J connectivity index is 4.05. The number of phosphoric acid groups is 1. The Hall–Kier alpha value is -2.33. The van der Waals surface area contributed by atoms with E-state index in [1.54, 1.807) is 0 Å². The Morgan fingerprint density at radius 3 is 1.28 bits per heavy atom. The zero-order valence-electron chi connectivity index (χ0n) is 33.0. The number of phosphoric ester groups is 1. The van der Waals surface area contributed by atoms with Gasteiger partial charge in [-0.05, 0) is 51.4 Å². The number of esters is 2. The maximum atomic E-state index is 12.3. The van der Waals surface area contributed by atoms with E-state index in [9.17, 15) is 29.3 Å². The number of allylic oxidation sites excluding steroid dienone is 10. The molecule has 0 aliphatic heterocycles. The topological polar surface area (TPSA) is 149 Å². The van der Waals surface area contributed by atoms with Gasteiger partial charge in [-0.25, -0.2) is 4.57 Å². The summed E-state index contributed by atoms with van der Waals surface area (Å²) in [5.41, 5.74) is 0. The van der Waals surface area contributed by atoms with Gasteiger partial charge in [-0.2, -0.15) is 0 Å². The van der Waals surface area contributed by atoms with Crippen LogP contribution >= 0.6 is 7.82 Å². The summed E-state index contributed by atoms with van der Waals surface area (Å²) in [6.45, 7) is 2.01. The molecule has 3 unspecified atom stereocenters. The Kier molecular flexibility index (Phi) is 36.3. The fourth-order valence-corrected chi connectivity index (χ4v) is 5.93. The second kappa shape index (κ2) is 38.0. The Morgan fingerprint density at radius 1 is 0.528 bits per heavy atom. The average molecular weight is 769 g/mol. The first-order valence-corrected chi connectivity index (χ1v) is 21.7. The number of hydrogen-bond acceptors (Lipinski definition) is 9. The minimum Gasteiger partial charge on any atom is -0.457 e. The van der Waals surface area contributed by atoms with Crippen molar-refractivity contribution in [3.8, 4) is 0 Å². The van der Waals surface area contributed by atoms with Crippen LogP contribution in [0, 0.1) is 0 Å². The molecule has 11 heteroatoms. The highest BCUT2D eigenvalue weighted by molar-refractivity contribution is 7.47. The fourth-order valence-electron chi connectivity index (χ4n) is 5.15. The summed E-state index contributed by atoms with van der Waals surface area (Å²) in [5.74, 6) is -1.08. The van der Waals surface area contributed by atoms with E-state index in [1.807, 2.05) is 12.2 Å². The van der Waals surface area contributed by atoms with Crippen molar-refractivity contribution < 1.29 is 47.8 Å². The van der Waals surface area contributed by atoms with Crippen LogP contribution in [-0.4, -0.2) is 65.7 Å². The van der Waals surface area contributed by atoms with Gasteiger partial charge in [0.2, 0.25) is 0 Å². The van der Waals surface area contributed by atoms with Crippen molar-refractivity contribution in [3.63, 3.8) is 0 Å². The molecule has 306 valence electrons. The van der Waals surface area contributed by atoms with Gasteiger partial charge in [-0.15, -0.1) is 0 Å². The highest BCUT2D eigenvalue weighted by atomic mass is 31.2. The minimum absolute atomic E-state index is 0.112. The van der Waals surface area contributed by atoms with Crippen molar-refractivity contribution in [1.29, 1.82) is 0 Å². The van der Waals surface area contributed by atoms with Crippen LogP contribution in [0.25, 0.3) is 0 Å². The molecule has 0 saturated heterocycles. The van der Waals surface area contributed by atoms with Crippen LogP contribution in [0.4, 0.5) is 0 Å². The monoisotopic (exact) mass is 768 g/mol. The third kappa shape index (κ3) is 36.4. The highest BCUT2D eigenvalue weighted by Gasteiger charge is 2.27. The van der Waals surface area contributed by atoms with Crippen LogP contribution in [0.2, 0.25) is 0 Å². The number of unbranched alkanes of at least 4 members (excludes halogenated alkanes) is 13. The summed E-state index contributed by atoms with van der Waals surface area (Å²) in [7, 11) is -4.65. The molecular weight excluding hydrogens is 695 g/mol. The van der Waals surface area contributed by atoms with Crippen molar-refractivity contribution >= 4 is 19.8 Å². The summed E-state index contributed by atoms with van der Waals surface area (Å²) in [6.07, 6.45) is 40.6. The zero-order valence-corrected chi connectivity index (χ0v) is 33.9. The van der Waals surface area contributed by atoms with Crippen LogP contribution in [-0.2, 0) is 32.7 Å². The first-order chi connectivity index (χ1) is 25.8. The predicted octanol–water partition coefficient (Wildman–Crippen LogP) is 10.3. The molecule has 0 heterocycles. The average Bonchev–Trinajstić information content (AvgIpc) is 3.14. The molecule has 0 saturated carbocycles. The molecule has 3 N–H and O–H groups in total. The van der Waals surface area contributed by atoms with Crippen LogP contribution < -0.4 is 0 Å². The largest absolute Gasteiger partial charge is 0.472 e. The van der Waals surface area contributed by atoms with Gasteiger partial charge in [0.05, 0.1) is 26.4 Å². The van der Waals surface area contributed by atoms with Gasteiger partial charge >= 0.3 is 19.8 Å². The van der Waals surface area contributed by atoms with Gasteiger partial charge in [-0.3, -0.25) is 18.6 Å². The van der Waals surface area contributed by atoms with E-state index < -0.39 is 58.4 Å². The molecule has 0 aromatic carbocycles. The normalized spacial score (nSPS) is 14.6. The van der Waals surface area contributed by atoms with E-state index in [0.717, 1.165) is 51.4 Å². The third-order valence-electron chi connectivity index (χ3n) is 8.24. The number of rotatable bonds is 37. The lowest BCUT2D eigenvalue weighted by Crippen LogP contribution is -2.28. The van der Waals surface area contributed by atoms with E-state index in [2.05, 4.69) is 62.5 Å². The van der Waals surface area contributed by atoms with Gasteiger partial charge in [-0.1, -0.05) is 152 Å². The molecular formula is C42H73O10P. The molecule has 0 aromatic heterocycles. The summed E-state index contributed by atoms with van der Waals surface area (Å²) >= 11 is 0. The first kappa shape index (κ1) is 50.7. The molecule has 0 radical (unpaired) electrons. The van der Waals surface area contributed by atoms with Gasteiger partial charge in [0.25, 0.3) is 0 Å². The van der Waals surface area contributed by atoms with Crippen molar-refractivity contribution in [2.45, 2.75) is 167 Å². The Morgan fingerprint density at radius 2 is 0.887 bits per heavy atom. The molecule has 0 aromatic rings. The number of ether oxygens (including phenoxy) is 2. The highest BCUT2D eigenvalue weighted by Crippen LogP contribution is 2.43. The SMILES string of the molecule is CC/C=C\C/C=C\C/C=C\C/C=C\C/C=C\CCCC(=O)OC(CO)COP(=O)(O)OCC(CO)OC(=O)CCCCCCCCCCCCCCC. The van der Waals surface area contributed by atoms with Crippen molar-refractivity contribution in [1.82, 2.24) is 0 Å². The van der Waals surface area contributed by atoms with Gasteiger partial charge in [0, 0.05) is 12.8 Å². The van der Waals surface area contributed by atoms with Crippen LogP contribution in [0.5, 0.6) is 0 Å². The molecule has 53 heavy (non-hydrogen) atoms. The van der Waals surface area contributed by atoms with Crippen molar-refractivity contribution in [2.24, 2.45) is 0 Å². The summed E-state index contributed by atoms with van der Waals surface area (Å²) in [5, 5.41) is 19.1. The molecule has 0 bridgehead atoms. The van der Waals surface area contributed by atoms with Gasteiger partial charge < -0.3 is 24.6 Å². The Labute approximate surface area is 321 Å². The maximum Gasteiger partial charge on any atom is 0.472 e. The fraction of sp³-hybridized carbons (Fsp3) is 0.714. The number of carbonyl (C=O) groups is 2. The third-order valence-corrected chi connectivity index (χ3v) is 9.20. The summed E-state index contributed by atoms with van der Waals surface area (Å²) in [4.78, 5) is 34.4. The molecule has 0 aliphatic carbocycles.